The number of hydrogen-bond donors (Lipinski definition) is 0. The van der Waals surface area contributed by atoms with E-state index < -0.39 is 5.97 Å². The minimum atomic E-state index is -0.408. The summed E-state index contributed by atoms with van der Waals surface area (Å²) in [5, 5.41) is 0. The van der Waals surface area contributed by atoms with Crippen molar-refractivity contribution in [2.75, 3.05) is 7.11 Å². The number of ether oxygens (including phenoxy) is 1. The number of rotatable bonds is 2. The van der Waals surface area contributed by atoms with Crippen LogP contribution in [0.15, 0.2) is 39.5 Å². The van der Waals surface area contributed by atoms with Crippen molar-refractivity contribution in [3.8, 4) is 11.4 Å². The van der Waals surface area contributed by atoms with Gasteiger partial charge in [0.25, 0.3) is 0 Å². The number of carbonyl (C=O) groups excluding carboxylic acids is 1. The van der Waals surface area contributed by atoms with Crippen molar-refractivity contribution >= 4 is 37.8 Å². The largest absolute Gasteiger partial charge is 0.465 e. The van der Waals surface area contributed by atoms with Crippen molar-refractivity contribution in [1.82, 2.24) is 9.97 Å². The van der Waals surface area contributed by atoms with Crippen LogP contribution >= 0.6 is 31.9 Å². The Labute approximate surface area is 121 Å². The number of halogens is 2. The van der Waals surface area contributed by atoms with Gasteiger partial charge in [-0.15, -0.1) is 0 Å². The average Bonchev–Trinajstić information content (AvgIpc) is 2.37. The van der Waals surface area contributed by atoms with Crippen molar-refractivity contribution < 1.29 is 9.53 Å². The third kappa shape index (κ3) is 2.94. The highest BCUT2D eigenvalue weighted by atomic mass is 79.9. The molecule has 0 saturated carbocycles. The standard InChI is InChI=1S/C12H8Br2N2O2/c1-18-12(17)7-5-9(16-11(14)6-7)8-3-2-4-10(13)15-8/h2-6H,1H3. The molecule has 92 valence electrons. The molecular formula is C12H8Br2N2O2. The second kappa shape index (κ2) is 5.58. The molecule has 0 saturated heterocycles. The molecule has 2 rings (SSSR count). The molecule has 4 nitrogen and oxygen atoms in total. The van der Waals surface area contributed by atoms with Gasteiger partial charge >= 0.3 is 5.97 Å². The molecule has 2 aromatic heterocycles. The van der Waals surface area contributed by atoms with Crippen molar-refractivity contribution in [3.63, 3.8) is 0 Å². The smallest absolute Gasteiger partial charge is 0.338 e. The van der Waals surface area contributed by atoms with Gasteiger partial charge in [0.05, 0.1) is 24.1 Å². The van der Waals surface area contributed by atoms with Crippen LogP contribution in [0, 0.1) is 0 Å². The Bertz CT molecular complexity index is 602. The summed E-state index contributed by atoms with van der Waals surface area (Å²) in [5.74, 6) is -0.408. The molecule has 2 aromatic rings. The van der Waals surface area contributed by atoms with Gasteiger partial charge in [0.2, 0.25) is 0 Å². The van der Waals surface area contributed by atoms with Crippen molar-refractivity contribution in [2.45, 2.75) is 0 Å². The van der Waals surface area contributed by atoms with Crippen LogP contribution in [0.4, 0.5) is 0 Å². The van der Waals surface area contributed by atoms with Gasteiger partial charge in [-0.05, 0) is 56.1 Å². The van der Waals surface area contributed by atoms with Gasteiger partial charge < -0.3 is 4.74 Å². The molecule has 0 unspecified atom stereocenters. The summed E-state index contributed by atoms with van der Waals surface area (Å²) in [6.07, 6.45) is 0. The zero-order chi connectivity index (χ0) is 13.1. The third-order valence-electron chi connectivity index (χ3n) is 2.19. The first kappa shape index (κ1) is 13.2. The van der Waals surface area contributed by atoms with Crippen LogP contribution in [0.5, 0.6) is 0 Å². The normalized spacial score (nSPS) is 10.2. The number of carbonyl (C=O) groups is 1. The molecule has 0 aromatic carbocycles. The van der Waals surface area contributed by atoms with E-state index in [0.29, 0.717) is 26.2 Å². The molecule has 0 aliphatic carbocycles. The lowest BCUT2D eigenvalue weighted by atomic mass is 10.2. The van der Waals surface area contributed by atoms with Crippen LogP contribution in [-0.4, -0.2) is 23.0 Å². The van der Waals surface area contributed by atoms with Gasteiger partial charge in [-0.1, -0.05) is 6.07 Å². The monoisotopic (exact) mass is 370 g/mol. The summed E-state index contributed by atoms with van der Waals surface area (Å²) in [6.45, 7) is 0. The van der Waals surface area contributed by atoms with Gasteiger partial charge in [-0.2, -0.15) is 0 Å². The third-order valence-corrected chi connectivity index (χ3v) is 3.04. The topological polar surface area (TPSA) is 52.1 Å². The Balaban J connectivity index is 2.51. The predicted molar refractivity (Wildman–Crippen MR) is 74.2 cm³/mol. The first-order valence-electron chi connectivity index (χ1n) is 4.99. The quantitative estimate of drug-likeness (QED) is 0.599. The number of methoxy groups -OCH3 is 1. The first-order chi connectivity index (χ1) is 8.60. The summed E-state index contributed by atoms with van der Waals surface area (Å²) in [5.41, 5.74) is 1.71. The van der Waals surface area contributed by atoms with E-state index in [-0.39, 0.29) is 0 Å². The van der Waals surface area contributed by atoms with Crippen molar-refractivity contribution in [1.29, 1.82) is 0 Å². The minimum absolute atomic E-state index is 0.408. The highest BCUT2D eigenvalue weighted by molar-refractivity contribution is 9.10. The summed E-state index contributed by atoms with van der Waals surface area (Å²) < 4.78 is 5.96. The maximum atomic E-state index is 11.5. The summed E-state index contributed by atoms with van der Waals surface area (Å²) in [4.78, 5) is 20.1. The van der Waals surface area contributed by atoms with Gasteiger partial charge in [-0.3, -0.25) is 0 Å². The molecule has 0 fully saturated rings. The molecule has 0 amide bonds. The fourth-order valence-corrected chi connectivity index (χ4v) is 2.20. The fraction of sp³-hybridized carbons (Fsp3) is 0.0833. The van der Waals surface area contributed by atoms with Crippen molar-refractivity contribution in [3.05, 3.63) is 45.1 Å². The van der Waals surface area contributed by atoms with Gasteiger partial charge in [-0.25, -0.2) is 14.8 Å². The molecule has 0 spiro atoms. The Morgan fingerprint density at radius 3 is 2.50 bits per heavy atom. The maximum Gasteiger partial charge on any atom is 0.338 e. The maximum absolute atomic E-state index is 11.5. The van der Waals surface area contributed by atoms with Crippen LogP contribution in [0.3, 0.4) is 0 Å². The zero-order valence-electron chi connectivity index (χ0n) is 9.35. The number of esters is 1. The lowest BCUT2D eigenvalue weighted by molar-refractivity contribution is 0.0600. The van der Waals surface area contributed by atoms with E-state index in [2.05, 4.69) is 46.6 Å². The van der Waals surface area contributed by atoms with Gasteiger partial charge in [0.15, 0.2) is 0 Å². The predicted octanol–water partition coefficient (Wildman–Crippen LogP) is 3.46. The summed E-state index contributed by atoms with van der Waals surface area (Å²) in [7, 11) is 1.34. The molecule has 18 heavy (non-hydrogen) atoms. The van der Waals surface area contributed by atoms with E-state index in [9.17, 15) is 4.79 Å². The lowest BCUT2D eigenvalue weighted by Gasteiger charge is -2.04. The van der Waals surface area contributed by atoms with E-state index >= 15 is 0 Å². The molecule has 0 radical (unpaired) electrons. The molecular weight excluding hydrogens is 364 g/mol. The summed E-state index contributed by atoms with van der Waals surface area (Å²) >= 11 is 6.56. The lowest BCUT2D eigenvalue weighted by Crippen LogP contribution is -2.02. The highest BCUT2D eigenvalue weighted by Gasteiger charge is 2.11. The van der Waals surface area contributed by atoms with Gasteiger partial charge in [0, 0.05) is 0 Å². The second-order valence-corrected chi connectivity index (χ2v) is 5.03. The zero-order valence-corrected chi connectivity index (χ0v) is 12.5. The van der Waals surface area contributed by atoms with Crippen LogP contribution in [0.25, 0.3) is 11.4 Å². The number of hydrogen-bond acceptors (Lipinski definition) is 4. The number of aromatic nitrogens is 2. The van der Waals surface area contributed by atoms with E-state index in [1.165, 1.54) is 7.11 Å². The molecule has 2 heterocycles. The number of nitrogens with zero attached hydrogens (tertiary/aromatic N) is 2. The van der Waals surface area contributed by atoms with Gasteiger partial charge in [0.1, 0.15) is 9.21 Å². The Morgan fingerprint density at radius 2 is 1.83 bits per heavy atom. The Hall–Kier alpha value is -1.27. The highest BCUT2D eigenvalue weighted by Crippen LogP contribution is 2.21. The average molecular weight is 372 g/mol. The molecule has 0 bridgehead atoms. The van der Waals surface area contributed by atoms with Crippen molar-refractivity contribution in [2.24, 2.45) is 0 Å². The fourth-order valence-electron chi connectivity index (χ4n) is 1.41. The Morgan fingerprint density at radius 1 is 1.11 bits per heavy atom. The molecule has 0 aliphatic rings. The number of pyridine rings is 2. The van der Waals surface area contributed by atoms with E-state index in [1.54, 1.807) is 12.1 Å². The molecule has 0 N–H and O–H groups in total. The van der Waals surface area contributed by atoms with Crippen LogP contribution in [-0.2, 0) is 4.74 Å². The summed E-state index contributed by atoms with van der Waals surface area (Å²) in [6, 6.07) is 8.74. The molecule has 0 aliphatic heterocycles. The second-order valence-electron chi connectivity index (χ2n) is 3.40. The van der Waals surface area contributed by atoms with E-state index in [1.807, 2.05) is 18.2 Å². The molecule has 6 heteroatoms. The SMILES string of the molecule is COC(=O)c1cc(Br)nc(-c2cccc(Br)n2)c1. The van der Waals surface area contributed by atoms with E-state index in [0.717, 1.165) is 0 Å². The van der Waals surface area contributed by atoms with Crippen LogP contribution in [0.2, 0.25) is 0 Å². The first-order valence-corrected chi connectivity index (χ1v) is 6.57. The van der Waals surface area contributed by atoms with Crippen LogP contribution < -0.4 is 0 Å². The Kier molecular flexibility index (Phi) is 4.08. The molecule has 0 atom stereocenters. The van der Waals surface area contributed by atoms with Crippen LogP contribution in [0.1, 0.15) is 10.4 Å². The van der Waals surface area contributed by atoms with E-state index in [4.69, 9.17) is 0 Å². The minimum Gasteiger partial charge on any atom is -0.465 e.